The fraction of sp³-hybridized carbons (Fsp3) is 0.500. The second-order valence-corrected chi connectivity index (χ2v) is 4.06. The molecule has 4 heteroatoms. The predicted molar refractivity (Wildman–Crippen MR) is 71.3 cm³/mol. The molecule has 0 radical (unpaired) electrons. The van der Waals surface area contributed by atoms with Gasteiger partial charge in [0.2, 0.25) is 5.91 Å². The second-order valence-electron chi connectivity index (χ2n) is 4.06. The Labute approximate surface area is 108 Å². The highest BCUT2D eigenvalue weighted by Crippen LogP contribution is 2.29. The summed E-state index contributed by atoms with van der Waals surface area (Å²) < 4.78 is 10.7. The van der Waals surface area contributed by atoms with Crippen molar-refractivity contribution in [2.45, 2.75) is 26.7 Å². The first kappa shape index (κ1) is 14.4. The number of methoxy groups -OCH3 is 2. The van der Waals surface area contributed by atoms with E-state index in [1.807, 2.05) is 12.1 Å². The van der Waals surface area contributed by atoms with E-state index in [2.05, 4.69) is 12.2 Å². The lowest BCUT2D eigenvalue weighted by molar-refractivity contribution is -0.118. The van der Waals surface area contributed by atoms with E-state index >= 15 is 0 Å². The normalized spacial score (nSPS) is 10.0. The van der Waals surface area contributed by atoms with Gasteiger partial charge in [0.05, 0.1) is 14.2 Å². The molecule has 0 aliphatic carbocycles. The lowest BCUT2D eigenvalue weighted by Gasteiger charge is -2.14. The molecule has 0 spiro atoms. The molecule has 1 N–H and O–H groups in total. The Kier molecular flexibility index (Phi) is 5.49. The number of carbonyl (C=O) groups excluding carboxylic acids is 1. The highest BCUT2D eigenvalue weighted by Gasteiger charge is 2.10. The number of hydrogen-bond acceptors (Lipinski definition) is 3. The van der Waals surface area contributed by atoms with Crippen LogP contribution < -0.4 is 14.8 Å². The van der Waals surface area contributed by atoms with Crippen molar-refractivity contribution in [2.75, 3.05) is 20.8 Å². The van der Waals surface area contributed by atoms with Crippen LogP contribution in [0.15, 0.2) is 12.1 Å². The van der Waals surface area contributed by atoms with Gasteiger partial charge in [-0.15, -0.1) is 0 Å². The van der Waals surface area contributed by atoms with E-state index in [4.69, 9.17) is 9.47 Å². The monoisotopic (exact) mass is 251 g/mol. The van der Waals surface area contributed by atoms with Crippen molar-refractivity contribution in [1.29, 1.82) is 0 Å². The van der Waals surface area contributed by atoms with Crippen LogP contribution in [0.3, 0.4) is 0 Å². The maximum absolute atomic E-state index is 10.8. The second kappa shape index (κ2) is 6.89. The first-order chi connectivity index (χ1) is 8.62. The number of hydrogen-bond donors (Lipinski definition) is 1. The summed E-state index contributed by atoms with van der Waals surface area (Å²) >= 11 is 0. The number of carbonyl (C=O) groups is 1. The Morgan fingerprint density at radius 2 is 1.72 bits per heavy atom. The third kappa shape index (κ3) is 3.65. The van der Waals surface area contributed by atoms with Gasteiger partial charge in [-0.2, -0.15) is 0 Å². The van der Waals surface area contributed by atoms with Gasteiger partial charge in [-0.3, -0.25) is 4.79 Å². The lowest BCUT2D eigenvalue weighted by Crippen LogP contribution is -2.22. The third-order valence-electron chi connectivity index (χ3n) is 2.83. The zero-order valence-corrected chi connectivity index (χ0v) is 11.5. The summed E-state index contributed by atoms with van der Waals surface area (Å²) in [6, 6.07) is 3.99. The van der Waals surface area contributed by atoms with Crippen molar-refractivity contribution in [3.05, 3.63) is 23.3 Å². The molecule has 0 aromatic heterocycles. The van der Waals surface area contributed by atoms with E-state index in [1.165, 1.54) is 6.92 Å². The summed E-state index contributed by atoms with van der Waals surface area (Å²) in [5, 5.41) is 2.78. The molecule has 1 amide bonds. The number of rotatable bonds is 6. The molecule has 1 rings (SSSR count). The van der Waals surface area contributed by atoms with Crippen molar-refractivity contribution < 1.29 is 14.3 Å². The van der Waals surface area contributed by atoms with Gasteiger partial charge in [-0.1, -0.05) is 6.92 Å². The van der Waals surface area contributed by atoms with Gasteiger partial charge in [0.15, 0.2) is 0 Å². The fourth-order valence-electron chi connectivity index (χ4n) is 1.87. The molecule has 0 saturated heterocycles. The first-order valence-corrected chi connectivity index (χ1v) is 6.10. The van der Waals surface area contributed by atoms with Crippen LogP contribution in [0, 0.1) is 0 Å². The summed E-state index contributed by atoms with van der Waals surface area (Å²) in [6.45, 7) is 4.19. The summed E-state index contributed by atoms with van der Waals surface area (Å²) in [7, 11) is 3.32. The fourth-order valence-corrected chi connectivity index (χ4v) is 1.87. The standard InChI is InChI=1S/C14H21NO3/c1-5-11-8-14(18-4)12(9-13(11)17-3)6-7-15-10(2)16/h8-9H,5-7H2,1-4H3,(H,15,16). The molecule has 0 aliphatic rings. The van der Waals surface area contributed by atoms with Gasteiger partial charge in [0.25, 0.3) is 0 Å². The molecule has 0 heterocycles. The minimum absolute atomic E-state index is 0.0221. The topological polar surface area (TPSA) is 47.6 Å². The molecular formula is C14H21NO3. The Hall–Kier alpha value is -1.71. The highest BCUT2D eigenvalue weighted by molar-refractivity contribution is 5.72. The molecule has 0 unspecified atom stereocenters. The molecule has 0 saturated carbocycles. The minimum Gasteiger partial charge on any atom is -0.496 e. The average molecular weight is 251 g/mol. The zero-order valence-electron chi connectivity index (χ0n) is 11.5. The van der Waals surface area contributed by atoms with Gasteiger partial charge in [-0.25, -0.2) is 0 Å². The largest absolute Gasteiger partial charge is 0.496 e. The van der Waals surface area contributed by atoms with E-state index in [1.54, 1.807) is 14.2 Å². The smallest absolute Gasteiger partial charge is 0.216 e. The summed E-state index contributed by atoms with van der Waals surface area (Å²) in [4.78, 5) is 10.8. The van der Waals surface area contributed by atoms with E-state index < -0.39 is 0 Å². The van der Waals surface area contributed by atoms with Gasteiger partial charge in [-0.05, 0) is 36.1 Å². The number of benzene rings is 1. The summed E-state index contributed by atoms with van der Waals surface area (Å²) in [6.07, 6.45) is 1.62. The maximum atomic E-state index is 10.8. The third-order valence-corrected chi connectivity index (χ3v) is 2.83. The molecule has 0 fully saturated rings. The van der Waals surface area contributed by atoms with Crippen LogP contribution in [0.1, 0.15) is 25.0 Å². The molecule has 100 valence electrons. The van der Waals surface area contributed by atoms with Crippen molar-refractivity contribution in [3.63, 3.8) is 0 Å². The Bertz CT molecular complexity index is 416. The molecule has 1 aromatic carbocycles. The Morgan fingerprint density at radius 1 is 1.17 bits per heavy atom. The van der Waals surface area contributed by atoms with Crippen LogP contribution >= 0.6 is 0 Å². The predicted octanol–water partition coefficient (Wildman–Crippen LogP) is 1.94. The molecular weight excluding hydrogens is 230 g/mol. The van der Waals surface area contributed by atoms with Gasteiger partial charge < -0.3 is 14.8 Å². The lowest BCUT2D eigenvalue weighted by atomic mass is 10.0. The van der Waals surface area contributed by atoms with Gasteiger partial charge in [0, 0.05) is 13.5 Å². The zero-order chi connectivity index (χ0) is 13.5. The van der Waals surface area contributed by atoms with Crippen LogP contribution in [0.25, 0.3) is 0 Å². The molecule has 18 heavy (non-hydrogen) atoms. The van der Waals surface area contributed by atoms with Crippen LogP contribution in [0.4, 0.5) is 0 Å². The van der Waals surface area contributed by atoms with Crippen LogP contribution in [0.5, 0.6) is 11.5 Å². The molecule has 0 atom stereocenters. The first-order valence-electron chi connectivity index (χ1n) is 6.10. The number of amides is 1. The van der Waals surface area contributed by atoms with Crippen molar-refractivity contribution in [2.24, 2.45) is 0 Å². The molecule has 0 bridgehead atoms. The SMILES string of the molecule is CCc1cc(OC)c(CCNC(C)=O)cc1OC. The van der Waals surface area contributed by atoms with Crippen molar-refractivity contribution in [3.8, 4) is 11.5 Å². The quantitative estimate of drug-likeness (QED) is 0.840. The maximum Gasteiger partial charge on any atom is 0.216 e. The average Bonchev–Trinajstić information content (AvgIpc) is 2.37. The molecule has 1 aromatic rings. The van der Waals surface area contributed by atoms with Crippen molar-refractivity contribution in [1.82, 2.24) is 5.32 Å². The van der Waals surface area contributed by atoms with Gasteiger partial charge >= 0.3 is 0 Å². The summed E-state index contributed by atoms with van der Waals surface area (Å²) in [5.74, 6) is 1.69. The van der Waals surface area contributed by atoms with E-state index in [9.17, 15) is 4.79 Å². The number of aryl methyl sites for hydroxylation is 1. The van der Waals surface area contributed by atoms with Crippen molar-refractivity contribution >= 4 is 5.91 Å². The van der Waals surface area contributed by atoms with E-state index in [0.29, 0.717) is 6.54 Å². The number of ether oxygens (including phenoxy) is 2. The van der Waals surface area contributed by atoms with Crippen LogP contribution in [-0.4, -0.2) is 26.7 Å². The van der Waals surface area contributed by atoms with Crippen LogP contribution in [0.2, 0.25) is 0 Å². The highest BCUT2D eigenvalue weighted by atomic mass is 16.5. The van der Waals surface area contributed by atoms with Gasteiger partial charge in [0.1, 0.15) is 11.5 Å². The Morgan fingerprint density at radius 3 is 2.22 bits per heavy atom. The molecule has 0 aliphatic heterocycles. The van der Waals surface area contributed by atoms with E-state index in [-0.39, 0.29) is 5.91 Å². The molecule has 4 nitrogen and oxygen atoms in total. The minimum atomic E-state index is -0.0221. The van der Waals surface area contributed by atoms with E-state index in [0.717, 1.165) is 35.5 Å². The number of nitrogens with one attached hydrogen (secondary N) is 1. The Balaban J connectivity index is 2.91. The van der Waals surface area contributed by atoms with Crippen LogP contribution in [-0.2, 0) is 17.6 Å². The summed E-state index contributed by atoms with van der Waals surface area (Å²) in [5.41, 5.74) is 2.16.